The van der Waals surface area contributed by atoms with Gasteiger partial charge in [0.1, 0.15) is 5.82 Å². The van der Waals surface area contributed by atoms with Gasteiger partial charge in [-0.15, -0.1) is 5.10 Å². The van der Waals surface area contributed by atoms with Gasteiger partial charge in [0.25, 0.3) is 5.91 Å². The number of nitrogens with zero attached hydrogens (tertiary/aromatic N) is 4. The van der Waals surface area contributed by atoms with Crippen LogP contribution >= 0.6 is 11.6 Å². The zero-order valence-corrected chi connectivity index (χ0v) is 15.4. The standard InChI is InChI=1S/C20H19ClN4O/c1-3-18-22-19(23-25(18)17-11-7-5-9-15(17)21)20(26)24-12-13(2)14-8-4-6-10-16(14)24/h4-11,13H,3,12H2,1-2H3/t13-/m1/s1. The van der Waals surface area contributed by atoms with Gasteiger partial charge >= 0.3 is 0 Å². The lowest BCUT2D eigenvalue weighted by Gasteiger charge is -2.15. The van der Waals surface area contributed by atoms with Crippen molar-refractivity contribution in [3.8, 4) is 5.69 Å². The second-order valence-corrected chi connectivity index (χ2v) is 6.85. The van der Waals surface area contributed by atoms with Crippen LogP contribution in [-0.2, 0) is 6.42 Å². The average molecular weight is 367 g/mol. The number of amides is 1. The van der Waals surface area contributed by atoms with Crippen LogP contribution in [0.5, 0.6) is 0 Å². The summed E-state index contributed by atoms with van der Waals surface area (Å²) in [5.74, 6) is 1.03. The molecule has 0 spiro atoms. The van der Waals surface area contributed by atoms with Crippen LogP contribution in [0, 0.1) is 0 Å². The van der Waals surface area contributed by atoms with E-state index in [1.54, 1.807) is 15.6 Å². The smallest absolute Gasteiger partial charge is 0.297 e. The number of anilines is 1. The van der Waals surface area contributed by atoms with Crippen molar-refractivity contribution in [3.63, 3.8) is 0 Å². The molecular weight excluding hydrogens is 348 g/mol. The first kappa shape index (κ1) is 16.8. The van der Waals surface area contributed by atoms with Crippen LogP contribution in [0.2, 0.25) is 5.02 Å². The van der Waals surface area contributed by atoms with E-state index in [1.807, 2.05) is 43.3 Å². The number of hydrogen-bond donors (Lipinski definition) is 0. The molecule has 1 amide bonds. The largest absolute Gasteiger partial charge is 0.305 e. The minimum atomic E-state index is -0.178. The molecule has 2 heterocycles. The van der Waals surface area contributed by atoms with E-state index < -0.39 is 0 Å². The van der Waals surface area contributed by atoms with Crippen LogP contribution in [0.3, 0.4) is 0 Å². The fraction of sp³-hybridized carbons (Fsp3) is 0.250. The van der Waals surface area contributed by atoms with E-state index in [-0.39, 0.29) is 11.7 Å². The second kappa shape index (κ2) is 6.57. The first-order chi connectivity index (χ1) is 12.6. The molecule has 132 valence electrons. The molecule has 0 saturated heterocycles. The molecule has 5 nitrogen and oxygen atoms in total. The lowest BCUT2D eigenvalue weighted by atomic mass is 10.0. The molecular formula is C20H19ClN4O. The third-order valence-corrected chi connectivity index (χ3v) is 5.04. The normalized spacial score (nSPS) is 16.0. The Kier molecular flexibility index (Phi) is 4.24. The highest BCUT2D eigenvalue weighted by Gasteiger charge is 2.32. The molecule has 4 rings (SSSR count). The van der Waals surface area contributed by atoms with Crippen LogP contribution < -0.4 is 4.90 Å². The third-order valence-electron chi connectivity index (χ3n) is 4.72. The summed E-state index contributed by atoms with van der Waals surface area (Å²) in [5.41, 5.74) is 2.85. The second-order valence-electron chi connectivity index (χ2n) is 6.44. The maximum Gasteiger partial charge on any atom is 0.297 e. The molecule has 6 heteroatoms. The Hall–Kier alpha value is -2.66. The van der Waals surface area contributed by atoms with E-state index in [2.05, 4.69) is 23.1 Å². The monoisotopic (exact) mass is 366 g/mol. The molecule has 3 aromatic rings. The summed E-state index contributed by atoms with van der Waals surface area (Å²) in [6.07, 6.45) is 0.651. The number of aromatic nitrogens is 3. The summed E-state index contributed by atoms with van der Waals surface area (Å²) in [4.78, 5) is 19.4. The number of rotatable bonds is 3. The highest BCUT2D eigenvalue weighted by Crippen LogP contribution is 2.36. The van der Waals surface area contributed by atoms with E-state index in [4.69, 9.17) is 11.6 Å². The highest BCUT2D eigenvalue weighted by atomic mass is 35.5. The summed E-state index contributed by atoms with van der Waals surface area (Å²) in [5, 5.41) is 5.06. The quantitative estimate of drug-likeness (QED) is 0.696. The molecule has 1 aliphatic rings. The molecule has 0 aliphatic carbocycles. The van der Waals surface area contributed by atoms with Gasteiger partial charge in [-0.2, -0.15) is 0 Å². The molecule has 0 radical (unpaired) electrons. The maximum atomic E-state index is 13.1. The van der Waals surface area contributed by atoms with Gasteiger partial charge in [0.05, 0.1) is 10.7 Å². The van der Waals surface area contributed by atoms with Gasteiger partial charge in [-0.1, -0.05) is 55.8 Å². The van der Waals surface area contributed by atoms with Crippen LogP contribution in [0.4, 0.5) is 5.69 Å². The minimum Gasteiger partial charge on any atom is -0.305 e. The predicted molar refractivity (Wildman–Crippen MR) is 102 cm³/mol. The first-order valence-electron chi connectivity index (χ1n) is 8.71. The molecule has 26 heavy (non-hydrogen) atoms. The molecule has 1 aliphatic heterocycles. The Balaban J connectivity index is 1.74. The van der Waals surface area contributed by atoms with Crippen molar-refractivity contribution in [2.24, 2.45) is 0 Å². The van der Waals surface area contributed by atoms with Crippen molar-refractivity contribution in [2.75, 3.05) is 11.4 Å². The van der Waals surface area contributed by atoms with Gasteiger partial charge in [0.15, 0.2) is 0 Å². The Morgan fingerprint density at radius 2 is 1.85 bits per heavy atom. The van der Waals surface area contributed by atoms with E-state index in [0.29, 0.717) is 29.7 Å². The molecule has 0 fully saturated rings. The van der Waals surface area contributed by atoms with Crippen molar-refractivity contribution in [3.05, 3.63) is 70.8 Å². The van der Waals surface area contributed by atoms with Gasteiger partial charge in [-0.25, -0.2) is 9.67 Å². The van der Waals surface area contributed by atoms with Gasteiger partial charge < -0.3 is 4.90 Å². The predicted octanol–water partition coefficient (Wildman–Crippen LogP) is 4.25. The molecule has 0 unspecified atom stereocenters. The number of benzene rings is 2. The number of hydrogen-bond acceptors (Lipinski definition) is 3. The van der Waals surface area contributed by atoms with E-state index in [0.717, 1.165) is 11.4 Å². The van der Waals surface area contributed by atoms with Gasteiger partial charge in [-0.05, 0) is 23.8 Å². The first-order valence-corrected chi connectivity index (χ1v) is 9.09. The fourth-order valence-electron chi connectivity index (χ4n) is 3.41. The van der Waals surface area contributed by atoms with Crippen molar-refractivity contribution in [1.82, 2.24) is 14.8 Å². The summed E-state index contributed by atoms with van der Waals surface area (Å²) >= 11 is 6.31. The number of para-hydroxylation sites is 2. The number of fused-ring (bicyclic) bond motifs is 1. The van der Waals surface area contributed by atoms with Crippen molar-refractivity contribution in [2.45, 2.75) is 26.2 Å². The number of carbonyl (C=O) groups excluding carboxylic acids is 1. The van der Waals surface area contributed by atoms with Crippen LogP contribution in [-0.4, -0.2) is 27.2 Å². The zero-order valence-electron chi connectivity index (χ0n) is 14.7. The number of aryl methyl sites for hydroxylation is 1. The summed E-state index contributed by atoms with van der Waals surface area (Å²) in [6, 6.07) is 15.4. The van der Waals surface area contributed by atoms with Gasteiger partial charge in [0.2, 0.25) is 5.82 Å². The van der Waals surface area contributed by atoms with Gasteiger partial charge in [0, 0.05) is 24.6 Å². The SMILES string of the molecule is CCc1nc(C(=O)N2C[C@@H](C)c3ccccc32)nn1-c1ccccc1Cl. The van der Waals surface area contributed by atoms with Crippen LogP contribution in [0.25, 0.3) is 5.69 Å². The summed E-state index contributed by atoms with van der Waals surface area (Å²) in [7, 11) is 0. The Morgan fingerprint density at radius 3 is 2.58 bits per heavy atom. The topological polar surface area (TPSA) is 51.0 Å². The Morgan fingerprint density at radius 1 is 1.15 bits per heavy atom. The summed E-state index contributed by atoms with van der Waals surface area (Å²) in [6.45, 7) is 4.75. The third kappa shape index (κ3) is 2.69. The van der Waals surface area contributed by atoms with Crippen LogP contribution in [0.1, 0.15) is 41.8 Å². The Bertz CT molecular complexity index is 981. The van der Waals surface area contributed by atoms with Crippen molar-refractivity contribution < 1.29 is 4.79 Å². The van der Waals surface area contributed by atoms with E-state index in [1.165, 1.54) is 5.56 Å². The maximum absolute atomic E-state index is 13.1. The average Bonchev–Trinajstić information content (AvgIpc) is 3.23. The number of halogens is 1. The molecule has 1 atom stereocenters. The molecule has 0 N–H and O–H groups in total. The van der Waals surface area contributed by atoms with Crippen molar-refractivity contribution in [1.29, 1.82) is 0 Å². The van der Waals surface area contributed by atoms with E-state index in [9.17, 15) is 4.79 Å². The molecule has 0 saturated carbocycles. The zero-order chi connectivity index (χ0) is 18.3. The fourth-order valence-corrected chi connectivity index (χ4v) is 3.63. The Labute approximate surface area is 157 Å². The number of carbonyl (C=O) groups is 1. The summed E-state index contributed by atoms with van der Waals surface area (Å²) < 4.78 is 1.67. The van der Waals surface area contributed by atoms with Gasteiger partial charge in [-0.3, -0.25) is 4.79 Å². The lowest BCUT2D eigenvalue weighted by Crippen LogP contribution is -2.30. The van der Waals surface area contributed by atoms with Crippen LogP contribution in [0.15, 0.2) is 48.5 Å². The molecule has 1 aromatic heterocycles. The molecule has 0 bridgehead atoms. The molecule has 2 aromatic carbocycles. The van der Waals surface area contributed by atoms with E-state index >= 15 is 0 Å². The lowest BCUT2D eigenvalue weighted by molar-refractivity contribution is 0.0978. The van der Waals surface area contributed by atoms with Crippen molar-refractivity contribution >= 4 is 23.2 Å². The highest BCUT2D eigenvalue weighted by molar-refractivity contribution is 6.32. The minimum absolute atomic E-state index is 0.178.